The molecule has 1 aliphatic carbocycles. The Kier molecular flexibility index (Phi) is 1.30. The highest BCUT2D eigenvalue weighted by atomic mass is 14.9. The highest BCUT2D eigenvalue weighted by molar-refractivity contribution is 6.06. The summed E-state index contributed by atoms with van der Waals surface area (Å²) in [5.41, 5.74) is 3.89. The predicted octanol–water partition coefficient (Wildman–Crippen LogP) is 0.791. The van der Waals surface area contributed by atoms with Crippen LogP contribution in [0.1, 0.15) is 11.3 Å². The van der Waals surface area contributed by atoms with Gasteiger partial charge in [0.1, 0.15) is 17.7 Å². The van der Waals surface area contributed by atoms with Crippen LogP contribution in [0.5, 0.6) is 0 Å². The van der Waals surface area contributed by atoms with Crippen molar-refractivity contribution in [3.8, 4) is 11.4 Å². The summed E-state index contributed by atoms with van der Waals surface area (Å²) in [7, 11) is 0. The standard InChI is InChI=1S/C9H7N5/c10-6-1-7-9(14-4-12-7)8-5(6)2-11-3-13-8/h2-4,10H,1H2,(H,12,14). The normalized spacial score (nSPS) is 13.6. The lowest BCUT2D eigenvalue weighted by Gasteiger charge is -2.13. The van der Waals surface area contributed by atoms with Crippen molar-refractivity contribution in [1.82, 2.24) is 19.9 Å². The van der Waals surface area contributed by atoms with Gasteiger partial charge in [-0.15, -0.1) is 0 Å². The maximum absolute atomic E-state index is 7.81. The van der Waals surface area contributed by atoms with E-state index >= 15 is 0 Å². The van der Waals surface area contributed by atoms with E-state index in [0.717, 1.165) is 22.6 Å². The second kappa shape index (κ2) is 2.47. The number of nitrogens with zero attached hydrogens (tertiary/aromatic N) is 3. The van der Waals surface area contributed by atoms with Gasteiger partial charge in [0, 0.05) is 23.9 Å². The van der Waals surface area contributed by atoms with E-state index in [2.05, 4.69) is 19.9 Å². The van der Waals surface area contributed by atoms with Gasteiger partial charge in [-0.1, -0.05) is 0 Å². The Hall–Kier alpha value is -2.04. The molecule has 0 unspecified atom stereocenters. The lowest BCUT2D eigenvalue weighted by atomic mass is 9.96. The van der Waals surface area contributed by atoms with E-state index in [-0.39, 0.29) is 0 Å². The van der Waals surface area contributed by atoms with Crippen molar-refractivity contribution in [2.75, 3.05) is 0 Å². The highest BCUT2D eigenvalue weighted by Gasteiger charge is 2.23. The first-order valence-electron chi connectivity index (χ1n) is 4.26. The average molecular weight is 185 g/mol. The molecule has 14 heavy (non-hydrogen) atoms. The summed E-state index contributed by atoms with van der Waals surface area (Å²) >= 11 is 0. The summed E-state index contributed by atoms with van der Waals surface area (Å²) in [6.07, 6.45) is 5.36. The molecule has 0 amide bonds. The number of nitrogens with one attached hydrogen (secondary N) is 2. The molecule has 0 saturated heterocycles. The van der Waals surface area contributed by atoms with Gasteiger partial charge in [-0.3, -0.25) is 0 Å². The van der Waals surface area contributed by atoms with Crippen LogP contribution < -0.4 is 0 Å². The van der Waals surface area contributed by atoms with Crippen molar-refractivity contribution in [1.29, 1.82) is 5.41 Å². The van der Waals surface area contributed by atoms with E-state index in [1.165, 1.54) is 6.33 Å². The molecule has 2 heterocycles. The Morgan fingerprint density at radius 2 is 2.21 bits per heavy atom. The minimum atomic E-state index is 0.539. The van der Waals surface area contributed by atoms with Crippen molar-refractivity contribution in [3.63, 3.8) is 0 Å². The van der Waals surface area contributed by atoms with Gasteiger partial charge in [-0.25, -0.2) is 15.0 Å². The molecule has 0 atom stereocenters. The predicted molar refractivity (Wildman–Crippen MR) is 50.1 cm³/mol. The van der Waals surface area contributed by atoms with Gasteiger partial charge in [-0.05, 0) is 0 Å². The van der Waals surface area contributed by atoms with Crippen LogP contribution in [0.4, 0.5) is 0 Å². The maximum Gasteiger partial charge on any atom is 0.116 e. The first-order chi connectivity index (χ1) is 6.86. The Morgan fingerprint density at radius 3 is 3.14 bits per heavy atom. The van der Waals surface area contributed by atoms with Crippen LogP contribution in [0.2, 0.25) is 0 Å². The number of rotatable bonds is 0. The minimum absolute atomic E-state index is 0.539. The van der Waals surface area contributed by atoms with Crippen LogP contribution in [-0.2, 0) is 6.42 Å². The van der Waals surface area contributed by atoms with Crippen molar-refractivity contribution >= 4 is 5.71 Å². The number of aromatic nitrogens is 4. The van der Waals surface area contributed by atoms with Gasteiger partial charge in [0.25, 0.3) is 0 Å². The lowest BCUT2D eigenvalue weighted by molar-refractivity contribution is 1.09. The third kappa shape index (κ3) is 0.834. The fourth-order valence-corrected chi connectivity index (χ4v) is 1.67. The Morgan fingerprint density at radius 1 is 1.29 bits per heavy atom. The van der Waals surface area contributed by atoms with Crippen LogP contribution in [0, 0.1) is 5.41 Å². The molecule has 2 aromatic rings. The van der Waals surface area contributed by atoms with Gasteiger partial charge >= 0.3 is 0 Å². The first kappa shape index (κ1) is 7.37. The summed E-state index contributed by atoms with van der Waals surface area (Å²) < 4.78 is 0. The molecule has 2 N–H and O–H groups in total. The second-order valence-electron chi connectivity index (χ2n) is 3.17. The van der Waals surface area contributed by atoms with Gasteiger partial charge < -0.3 is 10.4 Å². The van der Waals surface area contributed by atoms with Crippen LogP contribution in [-0.4, -0.2) is 25.6 Å². The molecule has 2 aromatic heterocycles. The molecule has 1 aliphatic rings. The molecule has 0 bridgehead atoms. The minimum Gasteiger partial charge on any atom is -0.348 e. The fourth-order valence-electron chi connectivity index (χ4n) is 1.67. The van der Waals surface area contributed by atoms with Crippen molar-refractivity contribution in [2.24, 2.45) is 0 Å². The second-order valence-corrected chi connectivity index (χ2v) is 3.17. The zero-order valence-corrected chi connectivity index (χ0v) is 7.28. The van der Waals surface area contributed by atoms with Gasteiger partial charge in [0.05, 0.1) is 12.0 Å². The summed E-state index contributed by atoms with van der Waals surface area (Å²) in [5, 5.41) is 7.81. The number of aromatic amines is 1. The zero-order chi connectivity index (χ0) is 9.54. The van der Waals surface area contributed by atoms with Gasteiger partial charge in [0.2, 0.25) is 0 Å². The summed E-state index contributed by atoms with van der Waals surface area (Å²) in [4.78, 5) is 15.3. The van der Waals surface area contributed by atoms with E-state index in [0.29, 0.717) is 12.1 Å². The topological polar surface area (TPSA) is 78.3 Å². The molecule has 0 spiro atoms. The fraction of sp³-hybridized carbons (Fsp3) is 0.111. The van der Waals surface area contributed by atoms with Crippen molar-refractivity contribution in [2.45, 2.75) is 6.42 Å². The SMILES string of the molecule is N=C1Cc2[nH]cnc2-c2ncncc21. The van der Waals surface area contributed by atoms with E-state index in [4.69, 9.17) is 5.41 Å². The quantitative estimate of drug-likeness (QED) is 0.636. The highest BCUT2D eigenvalue weighted by Crippen LogP contribution is 2.27. The lowest BCUT2D eigenvalue weighted by Crippen LogP contribution is -2.13. The van der Waals surface area contributed by atoms with Crippen molar-refractivity contribution in [3.05, 3.63) is 30.1 Å². The molecule has 68 valence electrons. The molecular weight excluding hydrogens is 178 g/mol. The molecule has 5 nitrogen and oxygen atoms in total. The molecule has 0 saturated carbocycles. The summed E-state index contributed by atoms with van der Waals surface area (Å²) in [6, 6.07) is 0. The largest absolute Gasteiger partial charge is 0.348 e. The Balaban J connectivity index is 2.36. The summed E-state index contributed by atoms with van der Waals surface area (Å²) in [5.74, 6) is 0. The first-order valence-corrected chi connectivity index (χ1v) is 4.26. The molecule has 3 rings (SSSR count). The van der Waals surface area contributed by atoms with Crippen LogP contribution in [0.3, 0.4) is 0 Å². The average Bonchev–Trinajstić information content (AvgIpc) is 2.66. The van der Waals surface area contributed by atoms with E-state index in [1.807, 2.05) is 0 Å². The summed E-state index contributed by atoms with van der Waals surface area (Å²) in [6.45, 7) is 0. The van der Waals surface area contributed by atoms with E-state index in [9.17, 15) is 0 Å². The van der Waals surface area contributed by atoms with Crippen LogP contribution in [0.15, 0.2) is 18.9 Å². The molecule has 5 heteroatoms. The third-order valence-corrected chi connectivity index (χ3v) is 2.33. The van der Waals surface area contributed by atoms with Gasteiger partial charge in [0.15, 0.2) is 0 Å². The number of imidazole rings is 1. The Bertz CT molecular complexity index is 513. The maximum atomic E-state index is 7.81. The van der Waals surface area contributed by atoms with E-state index in [1.54, 1.807) is 12.5 Å². The van der Waals surface area contributed by atoms with Gasteiger partial charge in [-0.2, -0.15) is 0 Å². The monoisotopic (exact) mass is 185 g/mol. The number of hydrogen-bond acceptors (Lipinski definition) is 4. The smallest absolute Gasteiger partial charge is 0.116 e. The number of H-pyrrole nitrogens is 1. The van der Waals surface area contributed by atoms with Crippen LogP contribution >= 0.6 is 0 Å². The molecule has 0 aromatic carbocycles. The molecular formula is C9H7N5. The number of fused-ring (bicyclic) bond motifs is 3. The number of hydrogen-bond donors (Lipinski definition) is 2. The van der Waals surface area contributed by atoms with Crippen LogP contribution in [0.25, 0.3) is 11.4 Å². The molecule has 0 aliphatic heterocycles. The zero-order valence-electron chi connectivity index (χ0n) is 7.28. The third-order valence-electron chi connectivity index (χ3n) is 2.33. The molecule has 0 radical (unpaired) electrons. The molecule has 0 fully saturated rings. The van der Waals surface area contributed by atoms with Crippen molar-refractivity contribution < 1.29 is 0 Å². The van der Waals surface area contributed by atoms with E-state index < -0.39 is 0 Å². The Labute approximate surface area is 79.8 Å².